The van der Waals surface area contributed by atoms with Crippen molar-refractivity contribution in [3.8, 4) is 0 Å². The fourth-order valence-corrected chi connectivity index (χ4v) is 3.43. The maximum absolute atomic E-state index is 3.50. The van der Waals surface area contributed by atoms with Crippen LogP contribution in [0.25, 0.3) is 0 Å². The number of thiophene rings is 1. The lowest BCUT2D eigenvalue weighted by atomic mass is 10.2. The van der Waals surface area contributed by atoms with E-state index in [4.69, 9.17) is 0 Å². The molecular formula is C10H15Br2NS2. The fraction of sp³-hybridized carbons (Fsp3) is 0.600. The van der Waals surface area contributed by atoms with Crippen LogP contribution in [-0.2, 0) is 6.54 Å². The van der Waals surface area contributed by atoms with Crippen LogP contribution in [0.1, 0.15) is 18.7 Å². The van der Waals surface area contributed by atoms with Crippen LogP contribution in [0.15, 0.2) is 14.3 Å². The van der Waals surface area contributed by atoms with Crippen molar-refractivity contribution in [1.29, 1.82) is 0 Å². The predicted octanol–water partition coefficient (Wildman–Crippen LogP) is 4.50. The topological polar surface area (TPSA) is 12.0 Å². The molecule has 0 radical (unpaired) electrons. The van der Waals surface area contributed by atoms with Crippen LogP contribution in [0.5, 0.6) is 0 Å². The molecule has 1 heterocycles. The molecule has 0 bridgehead atoms. The number of hydrogen-bond acceptors (Lipinski definition) is 3. The zero-order chi connectivity index (χ0) is 11.5. The Balaban J connectivity index is 2.38. The van der Waals surface area contributed by atoms with Crippen LogP contribution in [0.4, 0.5) is 0 Å². The molecule has 15 heavy (non-hydrogen) atoms. The molecule has 0 aromatic carbocycles. The minimum Gasteiger partial charge on any atom is -0.310 e. The Bertz CT molecular complexity index is 304. The van der Waals surface area contributed by atoms with Crippen molar-refractivity contribution < 1.29 is 0 Å². The van der Waals surface area contributed by atoms with Crippen molar-refractivity contribution in [2.24, 2.45) is 0 Å². The first kappa shape index (κ1) is 14.0. The average molecular weight is 373 g/mol. The van der Waals surface area contributed by atoms with E-state index >= 15 is 0 Å². The Hall–Kier alpha value is 0.970. The van der Waals surface area contributed by atoms with Crippen LogP contribution >= 0.6 is 55.0 Å². The second kappa shape index (κ2) is 6.05. The summed E-state index contributed by atoms with van der Waals surface area (Å²) in [6.45, 7) is 6.48. The maximum Gasteiger partial charge on any atom is 0.0843 e. The van der Waals surface area contributed by atoms with Crippen LogP contribution in [0, 0.1) is 0 Å². The van der Waals surface area contributed by atoms with Gasteiger partial charge in [0, 0.05) is 27.2 Å². The number of hydrogen-bond donors (Lipinski definition) is 1. The summed E-state index contributed by atoms with van der Waals surface area (Å²) in [7, 11) is 0. The van der Waals surface area contributed by atoms with Gasteiger partial charge in [0.25, 0.3) is 0 Å². The Morgan fingerprint density at radius 1 is 1.47 bits per heavy atom. The first-order chi connectivity index (χ1) is 6.94. The third-order valence-electron chi connectivity index (χ3n) is 2.10. The zero-order valence-electron chi connectivity index (χ0n) is 9.06. The molecular weight excluding hydrogens is 358 g/mol. The van der Waals surface area contributed by atoms with Gasteiger partial charge in [-0.1, -0.05) is 0 Å². The minimum atomic E-state index is 0.311. The molecule has 0 spiro atoms. The highest BCUT2D eigenvalue weighted by molar-refractivity contribution is 9.13. The minimum absolute atomic E-state index is 0.311. The standard InChI is InChI=1S/C10H15Br2NS2/c1-10(2,14-3)6-13-5-7-4-8(11)9(12)15-7/h4,13H,5-6H2,1-3H3. The SMILES string of the molecule is CSC(C)(C)CNCc1cc(Br)c(Br)s1. The zero-order valence-corrected chi connectivity index (χ0v) is 13.9. The third-order valence-corrected chi connectivity index (χ3v) is 6.60. The summed E-state index contributed by atoms with van der Waals surface area (Å²) in [6, 6.07) is 2.16. The van der Waals surface area contributed by atoms with E-state index in [1.54, 1.807) is 11.3 Å². The predicted molar refractivity (Wildman–Crippen MR) is 79.0 cm³/mol. The number of nitrogens with one attached hydrogen (secondary N) is 1. The molecule has 1 nitrogen and oxygen atoms in total. The van der Waals surface area contributed by atoms with Crippen molar-refractivity contribution in [3.63, 3.8) is 0 Å². The molecule has 0 saturated heterocycles. The Labute approximate surface area is 117 Å². The third kappa shape index (κ3) is 4.77. The van der Waals surface area contributed by atoms with Crippen LogP contribution < -0.4 is 5.32 Å². The van der Waals surface area contributed by atoms with Gasteiger partial charge < -0.3 is 5.32 Å². The lowest BCUT2D eigenvalue weighted by molar-refractivity contribution is 0.594. The van der Waals surface area contributed by atoms with Gasteiger partial charge in [0.05, 0.1) is 3.79 Å². The van der Waals surface area contributed by atoms with E-state index < -0.39 is 0 Å². The summed E-state index contributed by atoms with van der Waals surface area (Å²) >= 11 is 10.7. The number of thioether (sulfide) groups is 1. The first-order valence-corrected chi connectivity index (χ1v) is 8.27. The largest absolute Gasteiger partial charge is 0.310 e. The van der Waals surface area contributed by atoms with Crippen molar-refractivity contribution in [3.05, 3.63) is 19.2 Å². The number of halogens is 2. The van der Waals surface area contributed by atoms with Gasteiger partial charge in [0.2, 0.25) is 0 Å². The van der Waals surface area contributed by atoms with Crippen molar-refractivity contribution >= 4 is 55.0 Å². The van der Waals surface area contributed by atoms with Gasteiger partial charge >= 0.3 is 0 Å². The Morgan fingerprint density at radius 3 is 2.60 bits per heavy atom. The Kier molecular flexibility index (Phi) is 5.66. The monoisotopic (exact) mass is 371 g/mol. The normalized spacial score (nSPS) is 12.1. The second-order valence-electron chi connectivity index (χ2n) is 3.90. The van der Waals surface area contributed by atoms with Crippen LogP contribution in [0.2, 0.25) is 0 Å². The molecule has 1 N–H and O–H groups in total. The molecule has 5 heteroatoms. The summed E-state index contributed by atoms with van der Waals surface area (Å²) < 4.78 is 2.63. The van der Waals surface area contributed by atoms with Crippen molar-refractivity contribution in [2.45, 2.75) is 25.1 Å². The quantitative estimate of drug-likeness (QED) is 0.816. The summed E-state index contributed by atoms with van der Waals surface area (Å²) in [6.07, 6.45) is 2.15. The van der Waals surface area contributed by atoms with E-state index in [9.17, 15) is 0 Å². The molecule has 1 aromatic heterocycles. The van der Waals surface area contributed by atoms with Gasteiger partial charge in [-0.2, -0.15) is 11.8 Å². The summed E-state index contributed by atoms with van der Waals surface area (Å²) in [4.78, 5) is 1.35. The maximum atomic E-state index is 3.50. The average Bonchev–Trinajstić information content (AvgIpc) is 2.46. The highest BCUT2D eigenvalue weighted by Crippen LogP contribution is 2.32. The summed E-state index contributed by atoms with van der Waals surface area (Å²) in [5.41, 5.74) is 0. The van der Waals surface area contributed by atoms with Crippen LogP contribution in [-0.4, -0.2) is 17.5 Å². The van der Waals surface area contributed by atoms with Crippen molar-refractivity contribution in [2.75, 3.05) is 12.8 Å². The Morgan fingerprint density at radius 2 is 2.13 bits per heavy atom. The molecule has 0 unspecified atom stereocenters. The van der Waals surface area contributed by atoms with E-state index in [0.29, 0.717) is 4.75 Å². The van der Waals surface area contributed by atoms with Gasteiger partial charge in [0.15, 0.2) is 0 Å². The molecule has 0 aliphatic heterocycles. The van der Waals surface area contributed by atoms with E-state index in [2.05, 4.69) is 63.3 Å². The lowest BCUT2D eigenvalue weighted by Crippen LogP contribution is -2.31. The van der Waals surface area contributed by atoms with Gasteiger partial charge in [-0.15, -0.1) is 11.3 Å². The summed E-state index contributed by atoms with van der Waals surface area (Å²) in [5, 5.41) is 3.48. The van der Waals surface area contributed by atoms with Gasteiger partial charge in [0.1, 0.15) is 0 Å². The van der Waals surface area contributed by atoms with E-state index in [1.807, 2.05) is 11.8 Å². The molecule has 0 saturated carbocycles. The van der Waals surface area contributed by atoms with Gasteiger partial charge in [-0.05, 0) is 58.0 Å². The molecule has 0 amide bonds. The first-order valence-electron chi connectivity index (χ1n) is 4.64. The smallest absolute Gasteiger partial charge is 0.0843 e. The molecule has 1 rings (SSSR count). The highest BCUT2D eigenvalue weighted by Gasteiger charge is 2.15. The van der Waals surface area contributed by atoms with E-state index in [-0.39, 0.29) is 0 Å². The summed E-state index contributed by atoms with van der Waals surface area (Å²) in [5.74, 6) is 0. The van der Waals surface area contributed by atoms with Gasteiger partial charge in [-0.25, -0.2) is 0 Å². The molecule has 86 valence electrons. The highest BCUT2D eigenvalue weighted by atomic mass is 79.9. The van der Waals surface area contributed by atoms with Crippen molar-refractivity contribution in [1.82, 2.24) is 5.32 Å². The lowest BCUT2D eigenvalue weighted by Gasteiger charge is -2.22. The van der Waals surface area contributed by atoms with E-state index in [0.717, 1.165) is 17.6 Å². The molecule has 0 fully saturated rings. The molecule has 0 aliphatic rings. The second-order valence-corrected chi connectivity index (χ2v) is 8.72. The molecule has 0 aliphatic carbocycles. The number of rotatable bonds is 5. The van der Waals surface area contributed by atoms with Gasteiger partial charge in [-0.3, -0.25) is 0 Å². The molecule has 1 aromatic rings. The van der Waals surface area contributed by atoms with Crippen LogP contribution in [0.3, 0.4) is 0 Å². The van der Waals surface area contributed by atoms with E-state index in [1.165, 1.54) is 8.66 Å². The fourth-order valence-electron chi connectivity index (χ4n) is 1.04. The molecule has 0 atom stereocenters.